The lowest BCUT2D eigenvalue weighted by atomic mass is 10.3. The van der Waals surface area contributed by atoms with Crippen LogP contribution in [0.3, 0.4) is 0 Å². The van der Waals surface area contributed by atoms with Gasteiger partial charge in [-0.2, -0.15) is 0 Å². The third-order valence-corrected chi connectivity index (χ3v) is 3.05. The van der Waals surface area contributed by atoms with Crippen LogP contribution in [-0.4, -0.2) is 54.3 Å². The van der Waals surface area contributed by atoms with Crippen LogP contribution in [0.4, 0.5) is 0 Å². The summed E-state index contributed by atoms with van der Waals surface area (Å²) in [6.45, 7) is 2.37. The molecule has 1 rings (SSSR count). The Hall–Kier alpha value is -1.24. The van der Waals surface area contributed by atoms with Crippen molar-refractivity contribution in [2.45, 2.75) is 13.0 Å². The number of thiazole rings is 1. The van der Waals surface area contributed by atoms with Crippen molar-refractivity contribution in [3.05, 3.63) is 22.2 Å². The third-order valence-electron chi connectivity index (χ3n) is 2.25. The lowest BCUT2D eigenvalue weighted by Gasteiger charge is -2.18. The van der Waals surface area contributed by atoms with Crippen molar-refractivity contribution in [1.29, 1.82) is 0 Å². The van der Waals surface area contributed by atoms with E-state index in [1.54, 1.807) is 13.1 Å². The second-order valence-corrected chi connectivity index (χ2v) is 5.01. The van der Waals surface area contributed by atoms with Gasteiger partial charge in [0.05, 0.1) is 23.4 Å². The molecule has 1 unspecified atom stereocenters. The summed E-state index contributed by atoms with van der Waals surface area (Å²) < 4.78 is 4.80. The summed E-state index contributed by atoms with van der Waals surface area (Å²) in [4.78, 5) is 17.4. The van der Waals surface area contributed by atoms with Crippen molar-refractivity contribution in [1.82, 2.24) is 9.88 Å². The Kier molecular flexibility index (Phi) is 5.97. The first-order valence-electron chi connectivity index (χ1n) is 5.55. The molecular formula is C12H18N2O3S. The van der Waals surface area contributed by atoms with Gasteiger partial charge in [0, 0.05) is 32.2 Å². The zero-order valence-electron chi connectivity index (χ0n) is 10.8. The molecule has 18 heavy (non-hydrogen) atoms. The average Bonchev–Trinajstić information content (AvgIpc) is 2.72. The zero-order chi connectivity index (χ0) is 13.5. The van der Waals surface area contributed by atoms with Gasteiger partial charge in [-0.15, -0.1) is 11.3 Å². The minimum Gasteiger partial charge on any atom is -0.389 e. The van der Waals surface area contributed by atoms with E-state index >= 15 is 0 Å². The number of carbonyl (C=O) groups excluding carboxylic acids is 1. The Bertz CT molecular complexity index is 417. The molecule has 0 aliphatic heterocycles. The van der Waals surface area contributed by atoms with Gasteiger partial charge in [-0.1, -0.05) is 0 Å². The number of aliphatic hydroxyl groups excluding tert-OH is 1. The first-order valence-corrected chi connectivity index (χ1v) is 6.43. The van der Waals surface area contributed by atoms with Crippen LogP contribution in [0.25, 0.3) is 6.08 Å². The Labute approximate surface area is 111 Å². The molecular weight excluding hydrogens is 252 g/mol. The maximum absolute atomic E-state index is 11.7. The molecule has 1 aromatic rings. The van der Waals surface area contributed by atoms with Gasteiger partial charge in [-0.05, 0) is 13.0 Å². The zero-order valence-corrected chi connectivity index (χ0v) is 11.6. The largest absolute Gasteiger partial charge is 0.389 e. The van der Waals surface area contributed by atoms with Crippen molar-refractivity contribution in [3.63, 3.8) is 0 Å². The number of hydrogen-bond donors (Lipinski definition) is 1. The second kappa shape index (κ2) is 7.25. The summed E-state index contributed by atoms with van der Waals surface area (Å²) in [6, 6.07) is 0. The van der Waals surface area contributed by atoms with Gasteiger partial charge in [0.2, 0.25) is 5.91 Å². The van der Waals surface area contributed by atoms with E-state index in [1.165, 1.54) is 29.4 Å². The van der Waals surface area contributed by atoms with Gasteiger partial charge in [0.1, 0.15) is 0 Å². The van der Waals surface area contributed by atoms with Crippen LogP contribution in [0.2, 0.25) is 0 Å². The summed E-state index contributed by atoms with van der Waals surface area (Å²) in [5.74, 6) is -0.171. The Morgan fingerprint density at radius 1 is 1.72 bits per heavy atom. The van der Waals surface area contributed by atoms with Gasteiger partial charge in [0.15, 0.2) is 0 Å². The van der Waals surface area contributed by atoms with Crippen molar-refractivity contribution in [3.8, 4) is 0 Å². The lowest BCUT2D eigenvalue weighted by Crippen LogP contribution is -2.35. The topological polar surface area (TPSA) is 62.7 Å². The number of ether oxygens (including phenoxy) is 1. The second-order valence-electron chi connectivity index (χ2n) is 3.95. The molecule has 5 nitrogen and oxygen atoms in total. The average molecular weight is 270 g/mol. The molecule has 0 fully saturated rings. The summed E-state index contributed by atoms with van der Waals surface area (Å²) in [6.07, 6.45) is 2.46. The molecule has 1 amide bonds. The highest BCUT2D eigenvalue weighted by Crippen LogP contribution is 2.09. The van der Waals surface area contributed by atoms with E-state index in [0.29, 0.717) is 0 Å². The molecule has 0 saturated carbocycles. The molecule has 0 saturated heterocycles. The van der Waals surface area contributed by atoms with Gasteiger partial charge in [0.25, 0.3) is 0 Å². The molecule has 1 aromatic heterocycles. The molecule has 1 heterocycles. The number of amides is 1. The van der Waals surface area contributed by atoms with Crippen molar-refractivity contribution >= 4 is 23.3 Å². The van der Waals surface area contributed by atoms with Crippen LogP contribution in [0.15, 0.2) is 11.5 Å². The minimum absolute atomic E-state index is 0.171. The van der Waals surface area contributed by atoms with Crippen LogP contribution in [0, 0.1) is 6.92 Å². The van der Waals surface area contributed by atoms with Gasteiger partial charge >= 0.3 is 0 Å². The molecule has 1 atom stereocenters. The van der Waals surface area contributed by atoms with Crippen LogP contribution in [-0.2, 0) is 9.53 Å². The predicted octanol–water partition coefficient (Wildman–Crippen LogP) is 0.930. The molecule has 0 bridgehead atoms. The van der Waals surface area contributed by atoms with E-state index < -0.39 is 6.10 Å². The SMILES string of the molecule is COCC(O)CN(C)C(=O)/C=C/c1csc(C)n1. The third kappa shape index (κ3) is 4.95. The van der Waals surface area contributed by atoms with Crippen molar-refractivity contribution in [2.24, 2.45) is 0 Å². The molecule has 6 heteroatoms. The molecule has 0 radical (unpaired) electrons. The number of likely N-dealkylation sites (N-methyl/N-ethyl adjacent to an activating group) is 1. The van der Waals surface area contributed by atoms with E-state index in [-0.39, 0.29) is 19.1 Å². The summed E-state index contributed by atoms with van der Waals surface area (Å²) in [5, 5.41) is 12.4. The van der Waals surface area contributed by atoms with Crippen LogP contribution >= 0.6 is 11.3 Å². The monoisotopic (exact) mass is 270 g/mol. The number of nitrogens with zero attached hydrogens (tertiary/aromatic N) is 2. The van der Waals surface area contributed by atoms with E-state index in [1.807, 2.05) is 12.3 Å². The van der Waals surface area contributed by atoms with Crippen molar-refractivity contribution < 1.29 is 14.6 Å². The van der Waals surface area contributed by atoms with Crippen LogP contribution < -0.4 is 0 Å². The number of aromatic nitrogens is 1. The quantitative estimate of drug-likeness (QED) is 0.781. The molecule has 0 spiro atoms. The smallest absolute Gasteiger partial charge is 0.246 e. The number of hydrogen-bond acceptors (Lipinski definition) is 5. The van der Waals surface area contributed by atoms with E-state index in [2.05, 4.69) is 4.98 Å². The predicted molar refractivity (Wildman–Crippen MR) is 71.4 cm³/mol. The van der Waals surface area contributed by atoms with E-state index in [9.17, 15) is 9.90 Å². The Balaban J connectivity index is 2.46. The van der Waals surface area contributed by atoms with E-state index in [0.717, 1.165) is 10.7 Å². The van der Waals surface area contributed by atoms with Gasteiger partial charge < -0.3 is 14.7 Å². The summed E-state index contributed by atoms with van der Waals surface area (Å²) in [5.41, 5.74) is 0.775. The number of rotatable bonds is 6. The Morgan fingerprint density at radius 2 is 2.44 bits per heavy atom. The van der Waals surface area contributed by atoms with Gasteiger partial charge in [-0.25, -0.2) is 4.98 Å². The maximum atomic E-state index is 11.7. The number of aliphatic hydroxyl groups is 1. The summed E-state index contributed by atoms with van der Waals surface area (Å²) >= 11 is 1.54. The maximum Gasteiger partial charge on any atom is 0.246 e. The fourth-order valence-electron chi connectivity index (χ4n) is 1.39. The first kappa shape index (κ1) is 14.8. The highest BCUT2D eigenvalue weighted by molar-refractivity contribution is 7.09. The highest BCUT2D eigenvalue weighted by atomic mass is 32.1. The number of methoxy groups -OCH3 is 1. The molecule has 0 aliphatic carbocycles. The van der Waals surface area contributed by atoms with E-state index in [4.69, 9.17) is 4.74 Å². The fraction of sp³-hybridized carbons (Fsp3) is 0.500. The first-order chi connectivity index (χ1) is 8.52. The molecule has 0 aliphatic rings. The molecule has 100 valence electrons. The molecule has 1 N–H and O–H groups in total. The fourth-order valence-corrected chi connectivity index (χ4v) is 1.97. The van der Waals surface area contributed by atoms with Crippen LogP contribution in [0.1, 0.15) is 10.7 Å². The summed E-state index contributed by atoms with van der Waals surface area (Å²) in [7, 11) is 3.15. The Morgan fingerprint density at radius 3 is 3.00 bits per heavy atom. The standard InChI is InChI=1S/C12H18N2O3S/c1-9-13-10(8-18-9)4-5-12(16)14(2)6-11(15)7-17-3/h4-5,8,11,15H,6-7H2,1-3H3/b5-4+. The number of carbonyl (C=O) groups is 1. The minimum atomic E-state index is -0.668. The van der Waals surface area contributed by atoms with Crippen LogP contribution in [0.5, 0.6) is 0 Å². The van der Waals surface area contributed by atoms with Crippen molar-refractivity contribution in [2.75, 3.05) is 27.3 Å². The lowest BCUT2D eigenvalue weighted by molar-refractivity contribution is -0.126. The van der Waals surface area contributed by atoms with Gasteiger partial charge in [-0.3, -0.25) is 4.79 Å². The molecule has 0 aromatic carbocycles. The normalized spacial score (nSPS) is 12.9. The number of aryl methyl sites for hydroxylation is 1. The highest BCUT2D eigenvalue weighted by Gasteiger charge is 2.11.